The van der Waals surface area contributed by atoms with Crippen LogP contribution in [0.4, 0.5) is 10.2 Å². The maximum Gasteiger partial charge on any atom is 0.229 e. The molecule has 0 saturated carbocycles. The van der Waals surface area contributed by atoms with Crippen molar-refractivity contribution in [1.82, 2.24) is 4.98 Å². The third-order valence-corrected chi connectivity index (χ3v) is 3.29. The second-order valence-electron chi connectivity index (χ2n) is 3.32. The van der Waals surface area contributed by atoms with E-state index in [0.717, 1.165) is 6.20 Å². The van der Waals surface area contributed by atoms with E-state index < -0.39 is 5.82 Å². The first-order valence-electron chi connectivity index (χ1n) is 4.37. The molecular formula is C9H8FIN2OS. The van der Waals surface area contributed by atoms with Gasteiger partial charge in [-0.1, -0.05) is 0 Å². The Bertz CT molecular complexity index is 415. The summed E-state index contributed by atoms with van der Waals surface area (Å²) in [5.41, 5.74) is 0. The highest BCUT2D eigenvalue weighted by atomic mass is 127. The zero-order valence-electron chi connectivity index (χ0n) is 7.65. The standard InChI is InChI=1S/C9H8FIN2OS/c10-5-1-7(11)9(12-3-5)13-4-6(15)2-8(13)14/h1,3,6,15H,2,4H2. The number of carbonyl (C=O) groups excluding carboxylic acids is 1. The first-order chi connectivity index (χ1) is 7.08. The summed E-state index contributed by atoms with van der Waals surface area (Å²) in [4.78, 5) is 17.1. The fourth-order valence-electron chi connectivity index (χ4n) is 1.50. The van der Waals surface area contributed by atoms with Crippen LogP contribution in [0.3, 0.4) is 0 Å². The molecule has 3 nitrogen and oxygen atoms in total. The molecule has 0 N–H and O–H groups in total. The predicted molar refractivity (Wildman–Crippen MR) is 66.7 cm³/mol. The Labute approximate surface area is 106 Å². The van der Waals surface area contributed by atoms with E-state index in [-0.39, 0.29) is 11.2 Å². The first kappa shape index (κ1) is 11.1. The Morgan fingerprint density at radius 1 is 1.67 bits per heavy atom. The van der Waals surface area contributed by atoms with Crippen molar-refractivity contribution in [2.45, 2.75) is 11.7 Å². The number of hydrogen-bond donors (Lipinski definition) is 1. The normalized spacial score (nSPS) is 21.1. The lowest BCUT2D eigenvalue weighted by Gasteiger charge is -2.16. The largest absolute Gasteiger partial charge is 0.295 e. The summed E-state index contributed by atoms with van der Waals surface area (Å²) in [7, 11) is 0. The van der Waals surface area contributed by atoms with Gasteiger partial charge in [0.2, 0.25) is 5.91 Å². The Balaban J connectivity index is 2.34. The summed E-state index contributed by atoms with van der Waals surface area (Å²) in [6, 6.07) is 1.36. The molecule has 2 heterocycles. The zero-order valence-corrected chi connectivity index (χ0v) is 10.7. The molecule has 1 fully saturated rings. The minimum absolute atomic E-state index is 0.00739. The molecule has 1 amide bonds. The molecule has 6 heteroatoms. The molecule has 1 saturated heterocycles. The summed E-state index contributed by atoms with van der Waals surface area (Å²) < 4.78 is 13.5. The quantitative estimate of drug-likeness (QED) is 0.626. The molecule has 0 spiro atoms. The van der Waals surface area contributed by atoms with E-state index in [1.807, 2.05) is 22.6 Å². The average molecular weight is 338 g/mol. The summed E-state index contributed by atoms with van der Waals surface area (Å²) >= 11 is 6.22. The zero-order chi connectivity index (χ0) is 11.0. The minimum Gasteiger partial charge on any atom is -0.295 e. The topological polar surface area (TPSA) is 33.2 Å². The van der Waals surface area contributed by atoms with Gasteiger partial charge in [-0.2, -0.15) is 12.6 Å². The molecule has 0 aromatic carbocycles. The van der Waals surface area contributed by atoms with E-state index in [0.29, 0.717) is 22.4 Å². The first-order valence-corrected chi connectivity index (χ1v) is 5.97. The van der Waals surface area contributed by atoms with Gasteiger partial charge in [-0.05, 0) is 28.7 Å². The van der Waals surface area contributed by atoms with Crippen molar-refractivity contribution >= 4 is 46.9 Å². The smallest absolute Gasteiger partial charge is 0.229 e. The van der Waals surface area contributed by atoms with Gasteiger partial charge in [0.15, 0.2) is 0 Å². The number of thiol groups is 1. The molecule has 0 aliphatic carbocycles. The maximum absolute atomic E-state index is 12.8. The molecule has 2 rings (SSSR count). The molecule has 1 aromatic heterocycles. The van der Waals surface area contributed by atoms with E-state index in [2.05, 4.69) is 17.6 Å². The molecule has 80 valence electrons. The van der Waals surface area contributed by atoms with Crippen molar-refractivity contribution in [2.75, 3.05) is 11.4 Å². The van der Waals surface area contributed by atoms with Crippen LogP contribution in [0.5, 0.6) is 0 Å². The van der Waals surface area contributed by atoms with Gasteiger partial charge < -0.3 is 0 Å². The fraction of sp³-hybridized carbons (Fsp3) is 0.333. The van der Waals surface area contributed by atoms with Gasteiger partial charge in [-0.15, -0.1) is 0 Å². The molecule has 1 unspecified atom stereocenters. The number of anilines is 1. The second-order valence-corrected chi connectivity index (χ2v) is 5.21. The van der Waals surface area contributed by atoms with Crippen LogP contribution < -0.4 is 4.90 Å². The van der Waals surface area contributed by atoms with Crippen LogP contribution in [0.2, 0.25) is 0 Å². The summed E-state index contributed by atoms with van der Waals surface area (Å²) in [6.45, 7) is 0.538. The number of halogens is 2. The van der Waals surface area contributed by atoms with Gasteiger partial charge in [0.05, 0.1) is 9.77 Å². The SMILES string of the molecule is O=C1CC(S)CN1c1ncc(F)cc1I. The Morgan fingerprint density at radius 2 is 2.40 bits per heavy atom. The summed E-state index contributed by atoms with van der Waals surface area (Å²) in [5.74, 6) is 0.128. The van der Waals surface area contributed by atoms with Crippen LogP contribution in [-0.4, -0.2) is 22.7 Å². The highest BCUT2D eigenvalue weighted by Crippen LogP contribution is 2.26. The van der Waals surface area contributed by atoms with Gasteiger partial charge in [0.25, 0.3) is 0 Å². The molecule has 15 heavy (non-hydrogen) atoms. The van der Waals surface area contributed by atoms with Crippen molar-refractivity contribution in [3.63, 3.8) is 0 Å². The van der Waals surface area contributed by atoms with Crippen LogP contribution in [0.15, 0.2) is 12.3 Å². The van der Waals surface area contributed by atoms with E-state index in [9.17, 15) is 9.18 Å². The van der Waals surface area contributed by atoms with Crippen LogP contribution in [0.1, 0.15) is 6.42 Å². The van der Waals surface area contributed by atoms with Crippen LogP contribution in [0.25, 0.3) is 0 Å². The predicted octanol–water partition coefficient (Wildman–Crippen LogP) is 1.86. The molecule has 1 aliphatic rings. The molecule has 0 radical (unpaired) electrons. The van der Waals surface area contributed by atoms with Crippen LogP contribution in [0, 0.1) is 9.39 Å². The third kappa shape index (κ3) is 2.25. The minimum atomic E-state index is -0.391. The van der Waals surface area contributed by atoms with Gasteiger partial charge in [0.1, 0.15) is 11.6 Å². The number of carbonyl (C=O) groups is 1. The maximum atomic E-state index is 12.8. The Hall–Kier alpha value is -0.370. The number of nitrogens with zero attached hydrogens (tertiary/aromatic N) is 2. The molecule has 1 aliphatic heterocycles. The van der Waals surface area contributed by atoms with Crippen molar-refractivity contribution in [3.05, 3.63) is 21.7 Å². The summed E-state index contributed by atoms with van der Waals surface area (Å²) in [5, 5.41) is 0.0418. The second kappa shape index (κ2) is 4.25. The van der Waals surface area contributed by atoms with E-state index in [1.54, 1.807) is 4.90 Å². The van der Waals surface area contributed by atoms with Gasteiger partial charge >= 0.3 is 0 Å². The fourth-order valence-corrected chi connectivity index (χ4v) is 2.55. The lowest BCUT2D eigenvalue weighted by atomic mass is 10.4. The average Bonchev–Trinajstić information content (AvgIpc) is 2.45. The Kier molecular flexibility index (Phi) is 3.15. The number of hydrogen-bond acceptors (Lipinski definition) is 3. The van der Waals surface area contributed by atoms with Crippen LogP contribution in [-0.2, 0) is 4.79 Å². The number of aromatic nitrogens is 1. The monoisotopic (exact) mass is 338 g/mol. The van der Waals surface area contributed by atoms with E-state index in [4.69, 9.17) is 0 Å². The van der Waals surface area contributed by atoms with E-state index >= 15 is 0 Å². The lowest BCUT2D eigenvalue weighted by molar-refractivity contribution is -0.117. The van der Waals surface area contributed by atoms with Gasteiger partial charge in [0, 0.05) is 18.2 Å². The Morgan fingerprint density at radius 3 is 2.93 bits per heavy atom. The van der Waals surface area contributed by atoms with Crippen molar-refractivity contribution in [1.29, 1.82) is 0 Å². The third-order valence-electron chi connectivity index (χ3n) is 2.15. The number of amides is 1. The van der Waals surface area contributed by atoms with Gasteiger partial charge in [-0.3, -0.25) is 9.69 Å². The number of rotatable bonds is 1. The van der Waals surface area contributed by atoms with Crippen molar-refractivity contribution in [2.24, 2.45) is 0 Å². The highest BCUT2D eigenvalue weighted by molar-refractivity contribution is 14.1. The van der Waals surface area contributed by atoms with Crippen LogP contribution >= 0.6 is 35.2 Å². The molecule has 1 aromatic rings. The number of pyridine rings is 1. The van der Waals surface area contributed by atoms with Gasteiger partial charge in [-0.25, -0.2) is 9.37 Å². The highest BCUT2D eigenvalue weighted by Gasteiger charge is 2.30. The van der Waals surface area contributed by atoms with E-state index in [1.165, 1.54) is 6.07 Å². The molecule has 1 atom stereocenters. The summed E-state index contributed by atoms with van der Waals surface area (Å²) in [6.07, 6.45) is 1.54. The lowest BCUT2D eigenvalue weighted by Crippen LogP contribution is -2.26. The van der Waals surface area contributed by atoms with Crippen molar-refractivity contribution in [3.8, 4) is 0 Å². The molecular weight excluding hydrogens is 330 g/mol. The molecule has 0 bridgehead atoms. The van der Waals surface area contributed by atoms with Crippen molar-refractivity contribution < 1.29 is 9.18 Å².